The van der Waals surface area contributed by atoms with Crippen molar-refractivity contribution in [3.8, 4) is 5.75 Å². The minimum atomic E-state index is -1.90. The molecule has 2 aliphatic carbocycles. The number of Topliss-reactive ketones (excluding diaryl/α,β-unsaturated/α-hetero) is 1. The minimum Gasteiger partial charge on any atom is -0.497 e. The van der Waals surface area contributed by atoms with Gasteiger partial charge >= 0.3 is 0 Å². The lowest BCUT2D eigenvalue weighted by atomic mass is 9.62. The molecule has 0 spiro atoms. The quantitative estimate of drug-likeness (QED) is 0.374. The fraction of sp³-hybridized carbons (Fsp3) is 0.591. The molecule has 142 valence electrons. The van der Waals surface area contributed by atoms with Crippen LogP contribution in [0, 0.1) is 5.41 Å². The normalized spacial score (nSPS) is 28.9. The zero-order chi connectivity index (χ0) is 19.0. The van der Waals surface area contributed by atoms with E-state index in [1.165, 1.54) is 24.8 Å². The summed E-state index contributed by atoms with van der Waals surface area (Å²) in [4.78, 5) is 13.6. The fourth-order valence-electron chi connectivity index (χ4n) is 4.48. The van der Waals surface area contributed by atoms with Crippen LogP contribution in [0.25, 0.3) is 0 Å². The summed E-state index contributed by atoms with van der Waals surface area (Å²) in [5.74, 6) is 0.867. The van der Waals surface area contributed by atoms with Crippen LogP contribution in [0.1, 0.15) is 55.8 Å². The predicted molar refractivity (Wildman–Crippen MR) is 108 cm³/mol. The van der Waals surface area contributed by atoms with Crippen molar-refractivity contribution in [2.24, 2.45) is 5.41 Å². The SMILES string of the molecule is COc1ccc(C(=O)C2(O[Si](C)(C)C)C=C3CCCCC3(C)CC2)cc1. The first-order valence-corrected chi connectivity index (χ1v) is 13.2. The smallest absolute Gasteiger partial charge is 0.197 e. The lowest BCUT2D eigenvalue weighted by Crippen LogP contribution is -2.51. The maximum absolute atomic E-state index is 13.6. The lowest BCUT2D eigenvalue weighted by molar-refractivity contribution is 0.0446. The number of carbonyl (C=O) groups is 1. The molecule has 0 N–H and O–H groups in total. The van der Waals surface area contributed by atoms with Gasteiger partial charge in [-0.25, -0.2) is 0 Å². The van der Waals surface area contributed by atoms with Crippen molar-refractivity contribution in [2.75, 3.05) is 7.11 Å². The Bertz CT molecular complexity index is 701. The van der Waals surface area contributed by atoms with Gasteiger partial charge in [-0.2, -0.15) is 0 Å². The number of benzene rings is 1. The molecular weight excluding hydrogens is 340 g/mol. The molecule has 3 rings (SSSR count). The Kier molecular flexibility index (Phi) is 5.19. The Morgan fingerprint density at radius 3 is 2.35 bits per heavy atom. The molecule has 1 fully saturated rings. The molecule has 2 unspecified atom stereocenters. The molecule has 4 heteroatoms. The molecule has 1 aromatic carbocycles. The molecule has 0 bridgehead atoms. The van der Waals surface area contributed by atoms with Gasteiger partial charge in [0.15, 0.2) is 14.1 Å². The van der Waals surface area contributed by atoms with E-state index >= 15 is 0 Å². The summed E-state index contributed by atoms with van der Waals surface area (Å²) in [6.07, 6.45) is 8.89. The second-order valence-electron chi connectivity index (χ2n) is 9.10. The second kappa shape index (κ2) is 6.97. The largest absolute Gasteiger partial charge is 0.497 e. The monoisotopic (exact) mass is 372 g/mol. The number of fused-ring (bicyclic) bond motifs is 1. The van der Waals surface area contributed by atoms with E-state index in [0.29, 0.717) is 5.56 Å². The molecule has 2 atom stereocenters. The van der Waals surface area contributed by atoms with Crippen LogP contribution in [0.5, 0.6) is 5.75 Å². The van der Waals surface area contributed by atoms with Crippen LogP contribution in [-0.2, 0) is 4.43 Å². The molecule has 0 aromatic heterocycles. The van der Waals surface area contributed by atoms with Gasteiger partial charge in [0.2, 0.25) is 0 Å². The molecule has 0 radical (unpaired) electrons. The number of allylic oxidation sites excluding steroid dienone is 1. The highest BCUT2D eigenvalue weighted by Gasteiger charge is 2.48. The number of methoxy groups -OCH3 is 1. The Morgan fingerprint density at radius 1 is 1.04 bits per heavy atom. The maximum Gasteiger partial charge on any atom is 0.197 e. The number of ketones is 1. The average Bonchev–Trinajstić information content (AvgIpc) is 2.60. The summed E-state index contributed by atoms with van der Waals surface area (Å²) in [7, 11) is -0.260. The van der Waals surface area contributed by atoms with Gasteiger partial charge in [0.05, 0.1) is 7.11 Å². The third-order valence-electron chi connectivity index (χ3n) is 5.88. The summed E-state index contributed by atoms with van der Waals surface area (Å²) < 4.78 is 11.9. The van der Waals surface area contributed by atoms with E-state index in [4.69, 9.17) is 9.16 Å². The molecule has 2 aliphatic rings. The van der Waals surface area contributed by atoms with E-state index in [-0.39, 0.29) is 11.2 Å². The van der Waals surface area contributed by atoms with E-state index < -0.39 is 13.9 Å². The fourth-order valence-corrected chi connectivity index (χ4v) is 5.83. The van der Waals surface area contributed by atoms with E-state index in [1.807, 2.05) is 24.3 Å². The Morgan fingerprint density at radius 2 is 1.73 bits per heavy atom. The van der Waals surface area contributed by atoms with Crippen molar-refractivity contribution in [2.45, 2.75) is 70.7 Å². The first-order valence-electron chi connectivity index (χ1n) is 9.79. The van der Waals surface area contributed by atoms with E-state index in [1.54, 1.807) is 7.11 Å². The minimum absolute atomic E-state index is 0.0997. The number of ether oxygens (including phenoxy) is 1. The first kappa shape index (κ1) is 19.4. The van der Waals surface area contributed by atoms with Crippen LogP contribution in [0.3, 0.4) is 0 Å². The van der Waals surface area contributed by atoms with Crippen molar-refractivity contribution in [1.82, 2.24) is 0 Å². The van der Waals surface area contributed by atoms with E-state index in [0.717, 1.165) is 25.0 Å². The molecule has 0 amide bonds. The summed E-state index contributed by atoms with van der Waals surface area (Å²) in [5, 5.41) is 0. The molecule has 0 heterocycles. The Balaban J connectivity index is 2.02. The van der Waals surface area contributed by atoms with Gasteiger partial charge in [-0.1, -0.05) is 18.9 Å². The van der Waals surface area contributed by atoms with Gasteiger partial charge < -0.3 is 9.16 Å². The zero-order valence-electron chi connectivity index (χ0n) is 16.9. The number of hydrogen-bond acceptors (Lipinski definition) is 3. The molecular formula is C22H32O3Si. The highest BCUT2D eigenvalue weighted by Crippen LogP contribution is 2.51. The topological polar surface area (TPSA) is 35.5 Å². The number of carbonyl (C=O) groups excluding carboxylic acids is 1. The van der Waals surface area contributed by atoms with Crippen molar-refractivity contribution in [3.05, 3.63) is 41.5 Å². The molecule has 1 saturated carbocycles. The zero-order valence-corrected chi connectivity index (χ0v) is 17.9. The number of rotatable bonds is 5. The van der Waals surface area contributed by atoms with Crippen LogP contribution in [0.2, 0.25) is 19.6 Å². The number of hydrogen-bond donors (Lipinski definition) is 0. The van der Waals surface area contributed by atoms with Gasteiger partial charge in [-0.3, -0.25) is 4.79 Å². The molecule has 3 nitrogen and oxygen atoms in total. The van der Waals surface area contributed by atoms with Crippen LogP contribution >= 0.6 is 0 Å². The summed E-state index contributed by atoms with van der Waals surface area (Å²) >= 11 is 0. The van der Waals surface area contributed by atoms with Gasteiger partial charge in [0.1, 0.15) is 11.4 Å². The van der Waals surface area contributed by atoms with Crippen molar-refractivity contribution in [1.29, 1.82) is 0 Å². The van der Waals surface area contributed by atoms with Crippen molar-refractivity contribution in [3.63, 3.8) is 0 Å². The third-order valence-corrected chi connectivity index (χ3v) is 6.86. The van der Waals surface area contributed by atoms with Crippen LogP contribution in [-0.4, -0.2) is 26.8 Å². The van der Waals surface area contributed by atoms with Gasteiger partial charge in [-0.05, 0) is 87.5 Å². The van der Waals surface area contributed by atoms with Gasteiger partial charge in [0.25, 0.3) is 0 Å². The van der Waals surface area contributed by atoms with E-state index in [2.05, 4.69) is 32.6 Å². The van der Waals surface area contributed by atoms with Crippen LogP contribution in [0.4, 0.5) is 0 Å². The highest BCUT2D eigenvalue weighted by atomic mass is 28.4. The Hall–Kier alpha value is -1.39. The maximum atomic E-state index is 13.6. The molecule has 1 aromatic rings. The third kappa shape index (κ3) is 3.81. The predicted octanol–water partition coefficient (Wildman–Crippen LogP) is 5.77. The van der Waals surface area contributed by atoms with E-state index in [9.17, 15) is 4.79 Å². The van der Waals surface area contributed by atoms with Crippen molar-refractivity contribution < 1.29 is 14.0 Å². The highest BCUT2D eigenvalue weighted by molar-refractivity contribution is 6.70. The summed E-state index contributed by atoms with van der Waals surface area (Å²) in [6.45, 7) is 8.88. The molecule has 0 aliphatic heterocycles. The first-order chi connectivity index (χ1) is 12.2. The van der Waals surface area contributed by atoms with Crippen LogP contribution in [0.15, 0.2) is 35.9 Å². The molecule has 26 heavy (non-hydrogen) atoms. The average molecular weight is 373 g/mol. The summed E-state index contributed by atoms with van der Waals surface area (Å²) in [6, 6.07) is 7.44. The Labute approximate surface area is 158 Å². The van der Waals surface area contributed by atoms with Crippen molar-refractivity contribution >= 4 is 14.1 Å². The van der Waals surface area contributed by atoms with Crippen LogP contribution < -0.4 is 4.74 Å². The standard InChI is InChI=1S/C22H32O3Si/c1-21-13-7-6-8-18(21)16-22(15-14-21,25-26(3,4)5)20(23)17-9-11-19(24-2)12-10-17/h9-12,16H,6-8,13-15H2,1-5H3. The van der Waals surface area contributed by atoms with Gasteiger partial charge in [-0.15, -0.1) is 0 Å². The lowest BCUT2D eigenvalue weighted by Gasteiger charge is -2.47. The molecule has 0 saturated heterocycles. The van der Waals surface area contributed by atoms with Gasteiger partial charge in [0, 0.05) is 5.56 Å². The summed E-state index contributed by atoms with van der Waals surface area (Å²) in [5.41, 5.74) is 1.60. The second-order valence-corrected chi connectivity index (χ2v) is 13.5.